The van der Waals surface area contributed by atoms with Gasteiger partial charge in [0.1, 0.15) is 0 Å². The van der Waals surface area contributed by atoms with Crippen LogP contribution in [0.15, 0.2) is 18.5 Å². The molecule has 7 nitrogen and oxygen atoms in total. The molecule has 0 aliphatic carbocycles. The molecule has 2 amide bonds. The van der Waals surface area contributed by atoms with Gasteiger partial charge in [-0.1, -0.05) is 13.8 Å². The number of nitrogens with two attached hydrogens (primary N) is 1. The first-order valence-corrected chi connectivity index (χ1v) is 7.79. The van der Waals surface area contributed by atoms with Crippen molar-refractivity contribution in [1.29, 1.82) is 0 Å². The lowest BCUT2D eigenvalue weighted by atomic mass is 10.0. The average Bonchev–Trinajstić information content (AvgIpc) is 3.06. The molecule has 9 heteroatoms. The Bertz CT molecular complexity index is 510. The Kier molecular flexibility index (Phi) is 9.96. The Morgan fingerprint density at radius 3 is 2.67 bits per heavy atom. The van der Waals surface area contributed by atoms with Crippen LogP contribution in [0.1, 0.15) is 32.7 Å². The number of hydrogen-bond acceptors (Lipinski definition) is 4. The van der Waals surface area contributed by atoms with Crippen molar-refractivity contribution in [1.82, 2.24) is 20.0 Å². The van der Waals surface area contributed by atoms with Crippen molar-refractivity contribution in [2.45, 2.75) is 38.8 Å². The van der Waals surface area contributed by atoms with Crippen LogP contribution in [0.5, 0.6) is 0 Å². The third-order valence-electron chi connectivity index (χ3n) is 4.08. The summed E-state index contributed by atoms with van der Waals surface area (Å²) < 4.78 is 1.90. The van der Waals surface area contributed by atoms with Crippen LogP contribution in [0.2, 0.25) is 0 Å². The predicted octanol–water partition coefficient (Wildman–Crippen LogP) is 0.990. The van der Waals surface area contributed by atoms with E-state index >= 15 is 0 Å². The molecule has 1 fully saturated rings. The minimum Gasteiger partial charge on any atom is -0.346 e. The number of rotatable bonds is 5. The normalized spacial score (nSPS) is 18.3. The molecular formula is C15H27Cl2N5O2. The molecule has 1 aliphatic heterocycles. The Balaban J connectivity index is 0.00000264. The van der Waals surface area contributed by atoms with Gasteiger partial charge in [0.15, 0.2) is 0 Å². The number of likely N-dealkylation sites (tertiary alicyclic amines) is 1. The molecular weight excluding hydrogens is 353 g/mol. The molecule has 1 aromatic rings. The zero-order chi connectivity index (χ0) is 16.1. The summed E-state index contributed by atoms with van der Waals surface area (Å²) in [6, 6.07) is 1.51. The number of halogens is 2. The van der Waals surface area contributed by atoms with Gasteiger partial charge in [-0.05, 0) is 24.8 Å². The Morgan fingerprint density at radius 1 is 1.38 bits per heavy atom. The van der Waals surface area contributed by atoms with Crippen molar-refractivity contribution in [3.8, 4) is 0 Å². The maximum absolute atomic E-state index is 12.3. The smallest absolute Gasteiger partial charge is 0.242 e. The molecule has 0 bridgehead atoms. The summed E-state index contributed by atoms with van der Waals surface area (Å²) in [5.74, 6) is -0.292. The first-order chi connectivity index (χ1) is 10.5. The third-order valence-corrected chi connectivity index (χ3v) is 4.08. The lowest BCUT2D eigenvalue weighted by molar-refractivity contribution is -0.134. The number of piperidine rings is 1. The maximum Gasteiger partial charge on any atom is 0.242 e. The Labute approximate surface area is 155 Å². The quantitative estimate of drug-likeness (QED) is 0.797. The van der Waals surface area contributed by atoms with E-state index in [9.17, 15) is 9.59 Å². The number of nitrogens with zero attached hydrogens (tertiary/aromatic N) is 3. The molecule has 2 heterocycles. The Hall–Kier alpha value is -1.31. The molecule has 3 N–H and O–H groups in total. The lowest BCUT2D eigenvalue weighted by Crippen LogP contribution is -2.49. The van der Waals surface area contributed by atoms with Crippen LogP contribution in [-0.4, -0.2) is 52.2 Å². The number of carbonyl (C=O) groups excluding carboxylic acids is 2. The summed E-state index contributed by atoms with van der Waals surface area (Å²) in [4.78, 5) is 25.8. The lowest BCUT2D eigenvalue weighted by Gasteiger charge is -2.33. The van der Waals surface area contributed by atoms with Crippen LogP contribution in [0, 0.1) is 5.92 Å². The van der Waals surface area contributed by atoms with Crippen molar-refractivity contribution >= 4 is 36.6 Å². The number of nitrogens with one attached hydrogen (secondary N) is 1. The van der Waals surface area contributed by atoms with Crippen LogP contribution in [0.25, 0.3) is 0 Å². The zero-order valence-corrected chi connectivity index (χ0v) is 15.7. The van der Waals surface area contributed by atoms with E-state index in [0.717, 1.165) is 19.4 Å². The van der Waals surface area contributed by atoms with E-state index in [-0.39, 0.29) is 55.1 Å². The molecule has 1 unspecified atom stereocenters. The van der Waals surface area contributed by atoms with Gasteiger partial charge in [0.25, 0.3) is 0 Å². The first kappa shape index (κ1) is 22.7. The van der Waals surface area contributed by atoms with Crippen molar-refractivity contribution in [2.75, 3.05) is 19.6 Å². The average molecular weight is 380 g/mol. The van der Waals surface area contributed by atoms with Crippen molar-refractivity contribution in [3.05, 3.63) is 18.5 Å². The fourth-order valence-electron chi connectivity index (χ4n) is 2.59. The molecule has 2 atom stereocenters. The standard InChI is InChI=1S/C15H25N5O2.2ClH/c1-11(2)14(16)15(22)17-9-13(21)19-7-3-5-12(10-19)20-8-4-6-18-20;;/h4,6,8,11-12,14H,3,5,7,9-10,16H2,1-2H3,(H,17,22);2*1H/t12?,14-;;/m0../s1. The number of amides is 2. The molecule has 24 heavy (non-hydrogen) atoms. The molecule has 0 aromatic carbocycles. The summed E-state index contributed by atoms with van der Waals surface area (Å²) >= 11 is 0. The predicted molar refractivity (Wildman–Crippen MR) is 97.4 cm³/mol. The van der Waals surface area contributed by atoms with Gasteiger partial charge in [0, 0.05) is 25.5 Å². The van der Waals surface area contributed by atoms with Gasteiger partial charge in [-0.15, -0.1) is 24.8 Å². The van der Waals surface area contributed by atoms with Crippen LogP contribution in [-0.2, 0) is 9.59 Å². The highest BCUT2D eigenvalue weighted by Gasteiger charge is 2.25. The van der Waals surface area contributed by atoms with Crippen LogP contribution >= 0.6 is 24.8 Å². The van der Waals surface area contributed by atoms with E-state index in [0.29, 0.717) is 6.54 Å². The number of carbonyl (C=O) groups is 2. The highest BCUT2D eigenvalue weighted by molar-refractivity contribution is 5.87. The topological polar surface area (TPSA) is 93.2 Å². The summed E-state index contributed by atoms with van der Waals surface area (Å²) in [5.41, 5.74) is 5.76. The van der Waals surface area contributed by atoms with E-state index in [1.807, 2.05) is 30.8 Å². The monoisotopic (exact) mass is 379 g/mol. The molecule has 0 saturated carbocycles. The summed E-state index contributed by atoms with van der Waals surface area (Å²) in [7, 11) is 0. The van der Waals surface area contributed by atoms with Gasteiger partial charge in [-0.2, -0.15) is 5.10 Å². The van der Waals surface area contributed by atoms with Crippen LogP contribution in [0.3, 0.4) is 0 Å². The highest BCUT2D eigenvalue weighted by atomic mass is 35.5. The summed E-state index contributed by atoms with van der Waals surface area (Å²) in [6.07, 6.45) is 5.61. The van der Waals surface area contributed by atoms with Crippen LogP contribution < -0.4 is 11.1 Å². The van der Waals surface area contributed by atoms with Gasteiger partial charge in [-0.3, -0.25) is 14.3 Å². The molecule has 1 aromatic heterocycles. The van der Waals surface area contributed by atoms with Gasteiger partial charge in [0.05, 0.1) is 18.6 Å². The van der Waals surface area contributed by atoms with E-state index in [1.54, 1.807) is 11.1 Å². The van der Waals surface area contributed by atoms with Gasteiger partial charge < -0.3 is 16.0 Å². The minimum atomic E-state index is -0.578. The summed E-state index contributed by atoms with van der Waals surface area (Å²) in [6.45, 7) is 5.12. The minimum absolute atomic E-state index is 0. The van der Waals surface area contributed by atoms with Crippen molar-refractivity contribution < 1.29 is 9.59 Å². The zero-order valence-electron chi connectivity index (χ0n) is 14.1. The van der Waals surface area contributed by atoms with Crippen molar-refractivity contribution in [3.63, 3.8) is 0 Å². The molecule has 138 valence electrons. The van der Waals surface area contributed by atoms with E-state index in [2.05, 4.69) is 10.4 Å². The molecule has 1 saturated heterocycles. The fraction of sp³-hybridized carbons (Fsp3) is 0.667. The van der Waals surface area contributed by atoms with E-state index < -0.39 is 6.04 Å². The Morgan fingerprint density at radius 2 is 2.08 bits per heavy atom. The van der Waals surface area contributed by atoms with E-state index in [1.165, 1.54) is 0 Å². The van der Waals surface area contributed by atoms with Gasteiger partial charge >= 0.3 is 0 Å². The molecule has 1 aliphatic rings. The second-order valence-electron chi connectivity index (χ2n) is 6.11. The van der Waals surface area contributed by atoms with Gasteiger partial charge in [-0.25, -0.2) is 0 Å². The number of aromatic nitrogens is 2. The molecule has 0 radical (unpaired) electrons. The largest absolute Gasteiger partial charge is 0.346 e. The van der Waals surface area contributed by atoms with E-state index in [4.69, 9.17) is 5.73 Å². The molecule has 0 spiro atoms. The SMILES string of the molecule is CC(C)[C@H](N)C(=O)NCC(=O)N1CCCC(n2cccn2)C1.Cl.Cl. The third kappa shape index (κ3) is 5.96. The van der Waals surface area contributed by atoms with Crippen LogP contribution in [0.4, 0.5) is 0 Å². The van der Waals surface area contributed by atoms with Gasteiger partial charge in [0.2, 0.25) is 11.8 Å². The number of hydrogen-bond donors (Lipinski definition) is 2. The first-order valence-electron chi connectivity index (χ1n) is 7.79. The molecule has 2 rings (SSSR count). The second-order valence-corrected chi connectivity index (χ2v) is 6.11. The highest BCUT2D eigenvalue weighted by Crippen LogP contribution is 2.20. The summed E-state index contributed by atoms with van der Waals surface area (Å²) in [5, 5.41) is 6.88. The van der Waals surface area contributed by atoms with Crippen molar-refractivity contribution in [2.24, 2.45) is 11.7 Å². The fourth-order valence-corrected chi connectivity index (χ4v) is 2.59. The second kappa shape index (κ2) is 10.5. The maximum atomic E-state index is 12.3.